The summed E-state index contributed by atoms with van der Waals surface area (Å²) < 4.78 is 83.2. The first-order valence-electron chi connectivity index (χ1n) is 21.8. The van der Waals surface area contributed by atoms with Crippen LogP contribution in [0.3, 0.4) is 0 Å². The molecule has 0 unspecified atom stereocenters. The average Bonchev–Trinajstić information content (AvgIpc) is 3.30. The molecule has 4 rings (SSSR count). The molecule has 66 heavy (non-hydrogen) atoms. The van der Waals surface area contributed by atoms with Gasteiger partial charge in [0.15, 0.2) is 0 Å². The van der Waals surface area contributed by atoms with Gasteiger partial charge in [-0.2, -0.15) is 30.0 Å². The maximum absolute atomic E-state index is 13.5. The fourth-order valence-electron chi connectivity index (χ4n) is 6.21. The van der Waals surface area contributed by atoms with Gasteiger partial charge in [0.25, 0.3) is 11.8 Å². The maximum atomic E-state index is 13.5. The van der Waals surface area contributed by atoms with Crippen LogP contribution in [0.1, 0.15) is 63.6 Å². The van der Waals surface area contributed by atoms with Crippen molar-refractivity contribution in [2.45, 2.75) is 38.1 Å². The number of hydrogen-bond acceptors (Lipinski definition) is 14. The van der Waals surface area contributed by atoms with Gasteiger partial charge in [0.05, 0.1) is 121 Å². The van der Waals surface area contributed by atoms with E-state index in [0.717, 1.165) is 67.7 Å². The highest BCUT2D eigenvalue weighted by Gasteiger charge is 2.33. The lowest BCUT2D eigenvalue weighted by atomic mass is 10.1. The van der Waals surface area contributed by atoms with Crippen LogP contribution in [0, 0.1) is 0 Å². The van der Waals surface area contributed by atoms with E-state index in [0.29, 0.717) is 104 Å². The number of benzene rings is 3. The second-order valence-corrected chi connectivity index (χ2v) is 16.1. The van der Waals surface area contributed by atoms with Gasteiger partial charge in [0.2, 0.25) is 0 Å². The highest BCUT2D eigenvalue weighted by Crippen LogP contribution is 2.35. The topological polar surface area (TPSA) is 165 Å². The minimum Gasteiger partial charge on any atom is -0.463 e. The van der Waals surface area contributed by atoms with E-state index >= 15 is 0 Å². The monoisotopic (exact) mass is 968 g/mol. The van der Waals surface area contributed by atoms with Gasteiger partial charge in [-0.05, 0) is 72.9 Å². The number of ether oxygens (including phenoxy) is 8. The van der Waals surface area contributed by atoms with Gasteiger partial charge in [-0.15, -0.1) is 0 Å². The standard InChI is InChI=1S/C46H60ClF3N4O11S/c1-35(55)65-27-26-63-23-22-61-19-18-59-15-14-58-16-17-60-20-21-62-24-25-64-28-29-66-34-37-6-5-7-38(30-37)44(56)52-43-11-9-39(54-12-3-2-4-13-54)32-40(43)45(57)53-51-33-36-8-10-42(47)41(31-36)46(48,49)50/h5-11,30-33H,2-4,12-29,34H2,1H3,(H,52,56)(H,53,57). The molecule has 2 amide bonds. The van der Waals surface area contributed by atoms with Crippen LogP contribution in [0.25, 0.3) is 0 Å². The number of esters is 1. The van der Waals surface area contributed by atoms with E-state index in [9.17, 15) is 27.6 Å². The summed E-state index contributed by atoms with van der Waals surface area (Å²) in [5.41, 5.74) is 4.02. The predicted octanol–water partition coefficient (Wildman–Crippen LogP) is 7.28. The van der Waals surface area contributed by atoms with Crippen molar-refractivity contribution in [3.8, 4) is 0 Å². The SMILES string of the molecule is CC(=O)OCCOCCOCCOCCOCCOCCOCCOCCSCc1cccc(C(=O)Nc2ccc(N3CCCCC3)cc2C(=O)NN=Cc2ccc(Cl)c(C(F)(F)F)c2)c1. The van der Waals surface area contributed by atoms with Crippen molar-refractivity contribution in [2.24, 2.45) is 5.10 Å². The number of piperidine rings is 1. The smallest absolute Gasteiger partial charge is 0.417 e. The van der Waals surface area contributed by atoms with Gasteiger partial charge >= 0.3 is 12.1 Å². The minimum absolute atomic E-state index is 0.0881. The summed E-state index contributed by atoms with van der Waals surface area (Å²) in [5.74, 6) is -0.00346. The summed E-state index contributed by atoms with van der Waals surface area (Å²) in [6, 6.07) is 15.7. The fourth-order valence-corrected chi connectivity index (χ4v) is 7.23. The van der Waals surface area contributed by atoms with Crippen molar-refractivity contribution in [3.63, 3.8) is 0 Å². The van der Waals surface area contributed by atoms with E-state index in [1.165, 1.54) is 13.0 Å². The third-order valence-corrected chi connectivity index (χ3v) is 10.8. The molecule has 3 aromatic carbocycles. The molecular weight excluding hydrogens is 909 g/mol. The number of thioether (sulfide) groups is 1. The summed E-state index contributed by atoms with van der Waals surface area (Å²) in [6.07, 6.45) is -0.417. The van der Waals surface area contributed by atoms with Gasteiger partial charge in [-0.3, -0.25) is 14.4 Å². The summed E-state index contributed by atoms with van der Waals surface area (Å²) in [7, 11) is 0. The molecule has 0 radical (unpaired) electrons. The molecule has 0 bridgehead atoms. The van der Waals surface area contributed by atoms with Crippen LogP contribution in [-0.2, 0) is 54.6 Å². The Balaban J connectivity index is 1.07. The van der Waals surface area contributed by atoms with E-state index in [2.05, 4.69) is 20.7 Å². The van der Waals surface area contributed by atoms with Crippen LogP contribution in [-0.4, -0.2) is 142 Å². The number of carbonyl (C=O) groups excluding carboxylic acids is 3. The normalized spacial score (nSPS) is 13.0. The lowest BCUT2D eigenvalue weighted by Gasteiger charge is -2.29. The molecule has 1 aliphatic rings. The first-order valence-corrected chi connectivity index (χ1v) is 23.3. The van der Waals surface area contributed by atoms with Crippen LogP contribution in [0.5, 0.6) is 0 Å². The molecule has 0 spiro atoms. The number of hydrazone groups is 1. The Morgan fingerprint density at radius 3 is 1.86 bits per heavy atom. The van der Waals surface area contributed by atoms with Gasteiger partial charge in [0, 0.05) is 42.8 Å². The first kappa shape index (κ1) is 54.3. The van der Waals surface area contributed by atoms with E-state index < -0.39 is 28.6 Å². The molecule has 20 heteroatoms. The van der Waals surface area contributed by atoms with Crippen molar-refractivity contribution in [1.82, 2.24) is 5.43 Å². The Labute approximate surface area is 393 Å². The van der Waals surface area contributed by atoms with Gasteiger partial charge in [-0.25, -0.2) is 5.43 Å². The van der Waals surface area contributed by atoms with Crippen LogP contribution in [0.2, 0.25) is 5.02 Å². The van der Waals surface area contributed by atoms with Crippen LogP contribution in [0.15, 0.2) is 65.8 Å². The third kappa shape index (κ3) is 22.0. The highest BCUT2D eigenvalue weighted by atomic mass is 35.5. The number of hydrogen-bond donors (Lipinski definition) is 2. The van der Waals surface area contributed by atoms with Gasteiger partial charge in [0.1, 0.15) is 6.61 Å². The maximum Gasteiger partial charge on any atom is 0.417 e. The number of amides is 2. The van der Waals surface area contributed by atoms with Crippen molar-refractivity contribution in [2.75, 3.05) is 128 Å². The number of alkyl halides is 3. The Hall–Kier alpha value is -4.31. The third-order valence-electron chi connectivity index (χ3n) is 9.49. The van der Waals surface area contributed by atoms with Crippen molar-refractivity contribution in [1.29, 1.82) is 0 Å². The fraction of sp³-hybridized carbons (Fsp3) is 0.522. The number of anilines is 2. The second-order valence-electron chi connectivity index (χ2n) is 14.5. The van der Waals surface area contributed by atoms with Crippen LogP contribution >= 0.6 is 23.4 Å². The minimum atomic E-state index is -4.65. The highest BCUT2D eigenvalue weighted by molar-refractivity contribution is 7.98. The first-order chi connectivity index (χ1) is 32.0. The molecule has 0 saturated carbocycles. The van der Waals surface area contributed by atoms with Crippen molar-refractivity contribution in [3.05, 3.63) is 93.5 Å². The summed E-state index contributed by atoms with van der Waals surface area (Å²) in [6.45, 7) is 9.45. The zero-order valence-corrected chi connectivity index (χ0v) is 38.8. The molecule has 2 N–H and O–H groups in total. The van der Waals surface area contributed by atoms with E-state index in [1.54, 1.807) is 42.1 Å². The number of carbonyl (C=O) groups is 3. The lowest BCUT2D eigenvalue weighted by molar-refractivity contribution is -0.142. The molecule has 0 atom stereocenters. The quantitative estimate of drug-likeness (QED) is 0.0278. The van der Waals surface area contributed by atoms with Crippen LogP contribution < -0.4 is 15.6 Å². The molecule has 1 saturated heterocycles. The molecule has 15 nitrogen and oxygen atoms in total. The summed E-state index contributed by atoms with van der Waals surface area (Å²) >= 11 is 7.40. The average molecular weight is 970 g/mol. The molecule has 1 heterocycles. The number of halogens is 4. The number of rotatable bonds is 32. The van der Waals surface area contributed by atoms with Gasteiger partial charge < -0.3 is 48.1 Å². The largest absolute Gasteiger partial charge is 0.463 e. The molecule has 3 aromatic rings. The Morgan fingerprint density at radius 1 is 0.712 bits per heavy atom. The number of nitrogens with zero attached hydrogens (tertiary/aromatic N) is 2. The molecule has 364 valence electrons. The second kappa shape index (κ2) is 31.6. The predicted molar refractivity (Wildman–Crippen MR) is 247 cm³/mol. The van der Waals surface area contributed by atoms with Crippen molar-refractivity contribution < 1.29 is 65.4 Å². The Bertz CT molecular complexity index is 1940. The number of nitrogens with one attached hydrogen (secondary N) is 2. The van der Waals surface area contributed by atoms with Crippen LogP contribution in [0.4, 0.5) is 24.5 Å². The van der Waals surface area contributed by atoms with E-state index in [4.69, 9.17) is 49.5 Å². The zero-order valence-electron chi connectivity index (χ0n) is 37.2. The Morgan fingerprint density at radius 2 is 1.29 bits per heavy atom. The molecular formula is C46H60ClF3N4O11S. The Kier molecular flexibility index (Phi) is 26.0. The molecule has 0 aromatic heterocycles. The summed E-state index contributed by atoms with van der Waals surface area (Å²) in [4.78, 5) is 39.8. The molecule has 1 fully saturated rings. The van der Waals surface area contributed by atoms with E-state index in [-0.39, 0.29) is 29.4 Å². The molecule has 1 aliphatic heterocycles. The van der Waals surface area contributed by atoms with Crippen molar-refractivity contribution >= 4 is 58.7 Å². The molecule has 0 aliphatic carbocycles. The zero-order chi connectivity index (χ0) is 47.2. The van der Waals surface area contributed by atoms with Gasteiger partial charge in [-0.1, -0.05) is 29.8 Å². The summed E-state index contributed by atoms with van der Waals surface area (Å²) in [5, 5.41) is 6.32. The van der Waals surface area contributed by atoms with E-state index in [1.807, 2.05) is 12.1 Å². The lowest BCUT2D eigenvalue weighted by Crippen LogP contribution is -2.30.